The standard InChI is InChI=1S/C21H24N2O4S2/c1-3-29(25,26)17-11-12-19-18(13-17)23-21(27-19)28-14-20(24)22-15(2)9-10-16-7-5-4-6-8-16/h4-8,11-13,15H,3,9-10,14H2,1-2H3,(H,22,24)/t15-/m0/s1. The third kappa shape index (κ3) is 5.83. The topological polar surface area (TPSA) is 89.3 Å². The van der Waals surface area contributed by atoms with E-state index >= 15 is 0 Å². The third-order valence-corrected chi connectivity index (χ3v) is 7.08. The van der Waals surface area contributed by atoms with Crippen LogP contribution in [0.2, 0.25) is 0 Å². The van der Waals surface area contributed by atoms with Crippen molar-refractivity contribution < 1.29 is 17.6 Å². The number of aromatic nitrogens is 1. The van der Waals surface area contributed by atoms with E-state index < -0.39 is 9.84 Å². The van der Waals surface area contributed by atoms with Crippen LogP contribution in [0.15, 0.2) is 63.1 Å². The van der Waals surface area contributed by atoms with Crippen LogP contribution >= 0.6 is 11.8 Å². The molecule has 0 saturated heterocycles. The Kier molecular flexibility index (Phi) is 6.97. The third-order valence-electron chi connectivity index (χ3n) is 4.52. The molecule has 0 unspecified atom stereocenters. The second-order valence-electron chi connectivity index (χ2n) is 6.79. The van der Waals surface area contributed by atoms with Gasteiger partial charge in [-0.1, -0.05) is 49.0 Å². The summed E-state index contributed by atoms with van der Waals surface area (Å²) in [5.74, 6) is 0.121. The van der Waals surface area contributed by atoms with E-state index in [1.807, 2.05) is 25.1 Å². The van der Waals surface area contributed by atoms with Gasteiger partial charge >= 0.3 is 0 Å². The van der Waals surface area contributed by atoms with Gasteiger partial charge in [-0.05, 0) is 43.5 Å². The van der Waals surface area contributed by atoms with Gasteiger partial charge in [0.05, 0.1) is 16.4 Å². The minimum atomic E-state index is -3.30. The number of aryl methyl sites for hydroxylation is 1. The van der Waals surface area contributed by atoms with E-state index in [1.54, 1.807) is 13.0 Å². The molecule has 0 radical (unpaired) electrons. The summed E-state index contributed by atoms with van der Waals surface area (Å²) in [4.78, 5) is 16.7. The lowest BCUT2D eigenvalue weighted by Crippen LogP contribution is -2.34. The number of carbonyl (C=O) groups excluding carboxylic acids is 1. The number of rotatable bonds is 9. The maximum Gasteiger partial charge on any atom is 0.257 e. The maximum atomic E-state index is 12.2. The van der Waals surface area contributed by atoms with Gasteiger partial charge in [0.25, 0.3) is 5.22 Å². The first kappa shape index (κ1) is 21.4. The summed E-state index contributed by atoms with van der Waals surface area (Å²) >= 11 is 1.19. The fourth-order valence-corrected chi connectivity index (χ4v) is 4.40. The highest BCUT2D eigenvalue weighted by Crippen LogP contribution is 2.25. The number of hydrogen-bond donors (Lipinski definition) is 1. The van der Waals surface area contributed by atoms with Crippen molar-refractivity contribution in [2.45, 2.75) is 42.8 Å². The molecule has 0 saturated carbocycles. The zero-order valence-corrected chi connectivity index (χ0v) is 18.1. The number of oxazole rings is 1. The van der Waals surface area contributed by atoms with Crippen LogP contribution in [-0.2, 0) is 21.1 Å². The Balaban J connectivity index is 1.52. The van der Waals surface area contributed by atoms with Crippen LogP contribution in [0.25, 0.3) is 11.1 Å². The number of nitrogens with one attached hydrogen (secondary N) is 1. The summed E-state index contributed by atoms with van der Waals surface area (Å²) in [6.07, 6.45) is 1.77. The Labute approximate surface area is 175 Å². The molecule has 0 aliphatic heterocycles. The Hall–Kier alpha value is -2.32. The molecule has 6 nitrogen and oxygen atoms in total. The van der Waals surface area contributed by atoms with E-state index in [1.165, 1.54) is 29.5 Å². The molecular formula is C21H24N2O4S2. The second-order valence-corrected chi connectivity index (χ2v) is 10.00. The monoisotopic (exact) mass is 432 g/mol. The van der Waals surface area contributed by atoms with Crippen molar-refractivity contribution >= 4 is 38.6 Å². The van der Waals surface area contributed by atoms with Crippen molar-refractivity contribution in [2.75, 3.05) is 11.5 Å². The molecule has 0 spiro atoms. The van der Waals surface area contributed by atoms with Crippen molar-refractivity contribution in [1.82, 2.24) is 10.3 Å². The number of amides is 1. The van der Waals surface area contributed by atoms with Crippen molar-refractivity contribution in [3.05, 3.63) is 54.1 Å². The summed E-state index contributed by atoms with van der Waals surface area (Å²) in [6.45, 7) is 3.59. The number of fused-ring (bicyclic) bond motifs is 1. The van der Waals surface area contributed by atoms with E-state index in [0.29, 0.717) is 16.3 Å². The largest absolute Gasteiger partial charge is 0.431 e. The number of hydrogen-bond acceptors (Lipinski definition) is 6. The van der Waals surface area contributed by atoms with Gasteiger partial charge in [-0.3, -0.25) is 4.79 Å². The summed E-state index contributed by atoms with van der Waals surface area (Å²) in [5.41, 5.74) is 2.22. The zero-order chi connectivity index (χ0) is 20.9. The van der Waals surface area contributed by atoms with Crippen LogP contribution in [0.5, 0.6) is 0 Å². The smallest absolute Gasteiger partial charge is 0.257 e. The summed E-state index contributed by atoms with van der Waals surface area (Å²) in [6, 6.07) is 14.8. The highest BCUT2D eigenvalue weighted by molar-refractivity contribution is 7.99. The Morgan fingerprint density at radius 2 is 1.97 bits per heavy atom. The molecule has 1 heterocycles. The first-order valence-electron chi connectivity index (χ1n) is 9.47. The molecule has 154 valence electrons. The predicted molar refractivity (Wildman–Crippen MR) is 115 cm³/mol. The van der Waals surface area contributed by atoms with E-state index in [0.717, 1.165) is 12.8 Å². The molecule has 0 aliphatic carbocycles. The SMILES string of the molecule is CCS(=O)(=O)c1ccc2oc(SCC(=O)N[C@@H](C)CCc3ccccc3)nc2c1. The molecule has 1 amide bonds. The Bertz CT molecular complexity index is 1080. The molecule has 1 aromatic heterocycles. The highest BCUT2D eigenvalue weighted by atomic mass is 32.2. The van der Waals surface area contributed by atoms with E-state index in [9.17, 15) is 13.2 Å². The molecule has 0 aliphatic rings. The molecule has 1 atom stereocenters. The van der Waals surface area contributed by atoms with Gasteiger partial charge in [0, 0.05) is 6.04 Å². The predicted octanol–water partition coefficient (Wildman–Crippen LogP) is 3.85. The van der Waals surface area contributed by atoms with Crippen LogP contribution in [0, 0.1) is 0 Å². The minimum absolute atomic E-state index is 0.0284. The van der Waals surface area contributed by atoms with E-state index in [4.69, 9.17) is 4.42 Å². The Morgan fingerprint density at radius 3 is 2.69 bits per heavy atom. The lowest BCUT2D eigenvalue weighted by Gasteiger charge is -2.13. The van der Waals surface area contributed by atoms with E-state index in [-0.39, 0.29) is 28.4 Å². The van der Waals surface area contributed by atoms with Crippen LogP contribution in [0.3, 0.4) is 0 Å². The molecule has 3 rings (SSSR count). The van der Waals surface area contributed by atoms with Crippen molar-refractivity contribution in [2.24, 2.45) is 0 Å². The van der Waals surface area contributed by atoms with E-state index in [2.05, 4.69) is 22.4 Å². The van der Waals surface area contributed by atoms with Crippen molar-refractivity contribution in [3.8, 4) is 0 Å². The van der Waals surface area contributed by atoms with Gasteiger partial charge in [0.15, 0.2) is 15.4 Å². The summed E-state index contributed by atoms with van der Waals surface area (Å²) < 4.78 is 29.6. The van der Waals surface area contributed by atoms with Gasteiger partial charge in [0.2, 0.25) is 5.91 Å². The normalized spacial score (nSPS) is 12.8. The first-order valence-corrected chi connectivity index (χ1v) is 12.1. The first-order chi connectivity index (χ1) is 13.9. The average molecular weight is 433 g/mol. The van der Waals surface area contributed by atoms with Gasteiger partial charge in [-0.15, -0.1) is 0 Å². The Morgan fingerprint density at radius 1 is 1.21 bits per heavy atom. The number of benzene rings is 2. The number of thioether (sulfide) groups is 1. The van der Waals surface area contributed by atoms with Gasteiger partial charge < -0.3 is 9.73 Å². The fourth-order valence-electron chi connectivity index (χ4n) is 2.85. The van der Waals surface area contributed by atoms with Gasteiger partial charge in [-0.25, -0.2) is 13.4 Å². The quantitative estimate of drug-likeness (QED) is 0.517. The average Bonchev–Trinajstić information content (AvgIpc) is 3.14. The molecular weight excluding hydrogens is 408 g/mol. The van der Waals surface area contributed by atoms with Crippen molar-refractivity contribution in [1.29, 1.82) is 0 Å². The molecule has 2 aromatic carbocycles. The van der Waals surface area contributed by atoms with Crippen LogP contribution < -0.4 is 5.32 Å². The number of carbonyl (C=O) groups is 1. The number of nitrogens with zero attached hydrogens (tertiary/aromatic N) is 1. The van der Waals surface area contributed by atoms with Crippen LogP contribution in [-0.4, -0.2) is 36.9 Å². The minimum Gasteiger partial charge on any atom is -0.431 e. The molecule has 0 bridgehead atoms. The number of sulfone groups is 1. The molecule has 0 fully saturated rings. The summed E-state index contributed by atoms with van der Waals surface area (Å²) in [5, 5.41) is 3.33. The fraction of sp³-hybridized carbons (Fsp3) is 0.333. The molecule has 8 heteroatoms. The highest BCUT2D eigenvalue weighted by Gasteiger charge is 2.16. The zero-order valence-electron chi connectivity index (χ0n) is 16.4. The van der Waals surface area contributed by atoms with Crippen LogP contribution in [0.4, 0.5) is 0 Å². The molecule has 3 aromatic rings. The lowest BCUT2D eigenvalue weighted by molar-refractivity contribution is -0.119. The summed E-state index contributed by atoms with van der Waals surface area (Å²) in [7, 11) is -3.30. The van der Waals surface area contributed by atoms with Crippen LogP contribution in [0.1, 0.15) is 25.8 Å². The van der Waals surface area contributed by atoms with Gasteiger partial charge in [0.1, 0.15) is 5.52 Å². The van der Waals surface area contributed by atoms with Gasteiger partial charge in [-0.2, -0.15) is 0 Å². The molecule has 29 heavy (non-hydrogen) atoms. The lowest BCUT2D eigenvalue weighted by atomic mass is 10.1. The second kappa shape index (κ2) is 9.45. The maximum absolute atomic E-state index is 12.2. The molecule has 1 N–H and O–H groups in total. The van der Waals surface area contributed by atoms with Crippen molar-refractivity contribution in [3.63, 3.8) is 0 Å².